The Morgan fingerprint density at radius 3 is 2.38 bits per heavy atom. The largest absolute Gasteiger partial charge is 0.390 e. The summed E-state index contributed by atoms with van der Waals surface area (Å²) in [6.07, 6.45) is 0. The molecule has 1 aromatic carbocycles. The molecule has 2 N–H and O–H groups in total. The van der Waals surface area contributed by atoms with Crippen molar-refractivity contribution in [3.63, 3.8) is 0 Å². The number of hydrogen-bond acceptors (Lipinski definition) is 3. The summed E-state index contributed by atoms with van der Waals surface area (Å²) in [5.41, 5.74) is 1.01. The average molecular weight is 229 g/mol. The Labute approximate surface area is 92.1 Å². The molecular formula is C11H13F2NO2. The van der Waals surface area contributed by atoms with Crippen molar-refractivity contribution in [2.45, 2.75) is 12.8 Å². The number of aliphatic hydroxyl groups is 1. The molecule has 1 rings (SSSR count). The van der Waals surface area contributed by atoms with E-state index in [1.54, 1.807) is 24.3 Å². The highest BCUT2D eigenvalue weighted by Gasteiger charge is 2.27. The Kier molecular flexibility index (Phi) is 3.95. The van der Waals surface area contributed by atoms with E-state index in [0.717, 1.165) is 0 Å². The molecule has 0 aliphatic carbocycles. The molecule has 0 saturated heterocycles. The smallest absolute Gasteiger partial charge is 0.287 e. The topological polar surface area (TPSA) is 49.3 Å². The second-order valence-electron chi connectivity index (χ2n) is 3.50. The maximum Gasteiger partial charge on any atom is 0.287 e. The normalized spacial score (nSPS) is 11.2. The fraction of sp³-hybridized carbons (Fsp3) is 0.364. The summed E-state index contributed by atoms with van der Waals surface area (Å²) in [4.78, 5) is 10.9. The van der Waals surface area contributed by atoms with Gasteiger partial charge in [-0.05, 0) is 31.2 Å². The molecule has 0 heterocycles. The maximum atomic E-state index is 12.7. The van der Waals surface area contributed by atoms with Gasteiger partial charge in [-0.15, -0.1) is 0 Å². The summed E-state index contributed by atoms with van der Waals surface area (Å²) < 4.78 is 25.4. The number of anilines is 1. The third-order valence-corrected chi connectivity index (χ3v) is 2.07. The van der Waals surface area contributed by atoms with Gasteiger partial charge in [-0.1, -0.05) is 0 Å². The van der Waals surface area contributed by atoms with Crippen LogP contribution in [-0.4, -0.2) is 30.0 Å². The summed E-state index contributed by atoms with van der Waals surface area (Å²) in [5, 5.41) is 10.8. The number of aliphatic hydroxyl groups excluding tert-OH is 1. The van der Waals surface area contributed by atoms with Crippen LogP contribution in [0, 0.1) is 0 Å². The number of ketones is 1. The van der Waals surface area contributed by atoms with Crippen LogP contribution in [0.25, 0.3) is 0 Å². The monoisotopic (exact) mass is 229 g/mol. The van der Waals surface area contributed by atoms with Crippen LogP contribution >= 0.6 is 0 Å². The Morgan fingerprint density at radius 1 is 1.38 bits per heavy atom. The molecule has 0 fully saturated rings. The molecule has 3 nitrogen and oxygen atoms in total. The van der Waals surface area contributed by atoms with Crippen LogP contribution in [0.4, 0.5) is 14.5 Å². The average Bonchev–Trinajstić information content (AvgIpc) is 2.27. The van der Waals surface area contributed by atoms with Crippen molar-refractivity contribution in [3.8, 4) is 0 Å². The van der Waals surface area contributed by atoms with E-state index in [1.807, 2.05) is 0 Å². The van der Waals surface area contributed by atoms with Crippen molar-refractivity contribution in [1.82, 2.24) is 0 Å². The van der Waals surface area contributed by atoms with Gasteiger partial charge in [0, 0.05) is 11.3 Å². The van der Waals surface area contributed by atoms with Crippen molar-refractivity contribution >= 4 is 11.5 Å². The second kappa shape index (κ2) is 5.03. The number of Topliss-reactive ketones (excluding diaryl/α,β-unsaturated/α-hetero) is 1. The Hall–Kier alpha value is -1.49. The SMILES string of the molecule is CC(=O)c1ccc(NCC(F)(F)CO)cc1. The number of carbonyl (C=O) groups excluding carboxylic acids is 1. The van der Waals surface area contributed by atoms with Gasteiger partial charge in [0.1, 0.15) is 6.61 Å². The van der Waals surface area contributed by atoms with Crippen molar-refractivity contribution in [2.24, 2.45) is 0 Å². The first-order valence-corrected chi connectivity index (χ1v) is 4.78. The van der Waals surface area contributed by atoms with E-state index in [-0.39, 0.29) is 5.78 Å². The quantitative estimate of drug-likeness (QED) is 0.758. The highest BCUT2D eigenvalue weighted by atomic mass is 19.3. The summed E-state index contributed by atoms with van der Waals surface area (Å²) in [6, 6.07) is 6.21. The minimum absolute atomic E-state index is 0.0766. The van der Waals surface area contributed by atoms with Gasteiger partial charge in [0.15, 0.2) is 5.78 Å². The molecule has 0 bridgehead atoms. The number of alkyl halides is 2. The van der Waals surface area contributed by atoms with Crippen molar-refractivity contribution in [2.75, 3.05) is 18.5 Å². The number of benzene rings is 1. The fourth-order valence-corrected chi connectivity index (χ4v) is 1.11. The zero-order valence-electron chi connectivity index (χ0n) is 8.84. The van der Waals surface area contributed by atoms with Gasteiger partial charge in [-0.25, -0.2) is 8.78 Å². The lowest BCUT2D eigenvalue weighted by molar-refractivity contribution is -0.0372. The number of carbonyl (C=O) groups is 1. The van der Waals surface area contributed by atoms with Crippen LogP contribution in [0.5, 0.6) is 0 Å². The maximum absolute atomic E-state index is 12.7. The third-order valence-electron chi connectivity index (χ3n) is 2.07. The van der Waals surface area contributed by atoms with Gasteiger partial charge < -0.3 is 10.4 Å². The van der Waals surface area contributed by atoms with Gasteiger partial charge >= 0.3 is 0 Å². The standard InChI is InChI=1S/C11H13F2NO2/c1-8(16)9-2-4-10(5-3-9)14-6-11(12,13)7-15/h2-5,14-15H,6-7H2,1H3. The van der Waals surface area contributed by atoms with Crippen molar-refractivity contribution in [1.29, 1.82) is 0 Å². The molecule has 0 atom stereocenters. The number of halogens is 2. The van der Waals surface area contributed by atoms with E-state index in [1.165, 1.54) is 6.92 Å². The van der Waals surface area contributed by atoms with Gasteiger partial charge in [0.25, 0.3) is 5.92 Å². The molecule has 0 aromatic heterocycles. The fourth-order valence-electron chi connectivity index (χ4n) is 1.11. The summed E-state index contributed by atoms with van der Waals surface area (Å²) in [6.45, 7) is -0.392. The molecule has 1 aromatic rings. The molecule has 0 radical (unpaired) electrons. The van der Waals surface area contributed by atoms with Gasteiger partial charge in [-0.2, -0.15) is 0 Å². The molecule has 0 amide bonds. The zero-order valence-corrected chi connectivity index (χ0v) is 8.84. The predicted octanol–water partition coefficient (Wildman–Crippen LogP) is 1.93. The zero-order chi connectivity index (χ0) is 12.2. The van der Waals surface area contributed by atoms with E-state index < -0.39 is 19.1 Å². The lowest BCUT2D eigenvalue weighted by Gasteiger charge is -2.14. The predicted molar refractivity (Wildman–Crippen MR) is 57.0 cm³/mol. The van der Waals surface area contributed by atoms with E-state index in [0.29, 0.717) is 11.3 Å². The minimum Gasteiger partial charge on any atom is -0.390 e. The first kappa shape index (κ1) is 12.6. The molecular weight excluding hydrogens is 216 g/mol. The third kappa shape index (κ3) is 3.58. The highest BCUT2D eigenvalue weighted by Crippen LogP contribution is 2.15. The molecule has 0 aliphatic heterocycles. The number of rotatable bonds is 5. The van der Waals surface area contributed by atoms with Gasteiger partial charge in [0.05, 0.1) is 6.54 Å². The first-order valence-electron chi connectivity index (χ1n) is 4.78. The van der Waals surface area contributed by atoms with Crippen LogP contribution in [0.2, 0.25) is 0 Å². The molecule has 0 aliphatic rings. The van der Waals surface area contributed by atoms with Crippen molar-refractivity contribution in [3.05, 3.63) is 29.8 Å². The van der Waals surface area contributed by atoms with Crippen molar-refractivity contribution < 1.29 is 18.7 Å². The van der Waals surface area contributed by atoms with Crippen LogP contribution in [0.3, 0.4) is 0 Å². The number of nitrogens with one attached hydrogen (secondary N) is 1. The minimum atomic E-state index is -3.14. The Morgan fingerprint density at radius 2 is 1.94 bits per heavy atom. The second-order valence-corrected chi connectivity index (χ2v) is 3.50. The lowest BCUT2D eigenvalue weighted by atomic mass is 10.1. The first-order chi connectivity index (χ1) is 7.44. The summed E-state index contributed by atoms with van der Waals surface area (Å²) >= 11 is 0. The summed E-state index contributed by atoms with van der Waals surface area (Å²) in [7, 11) is 0. The van der Waals surface area contributed by atoms with Crippen LogP contribution < -0.4 is 5.32 Å². The Bertz CT molecular complexity index is 363. The molecule has 0 spiro atoms. The molecule has 16 heavy (non-hydrogen) atoms. The van der Waals surface area contributed by atoms with Gasteiger partial charge in [0.2, 0.25) is 0 Å². The van der Waals surface area contributed by atoms with Crippen LogP contribution in [-0.2, 0) is 0 Å². The van der Waals surface area contributed by atoms with E-state index in [2.05, 4.69) is 5.32 Å². The number of hydrogen-bond donors (Lipinski definition) is 2. The van der Waals surface area contributed by atoms with E-state index in [9.17, 15) is 13.6 Å². The molecule has 5 heteroatoms. The van der Waals surface area contributed by atoms with Crippen LogP contribution in [0.15, 0.2) is 24.3 Å². The van der Waals surface area contributed by atoms with E-state index in [4.69, 9.17) is 5.11 Å². The Balaban J connectivity index is 2.59. The molecule has 88 valence electrons. The highest BCUT2D eigenvalue weighted by molar-refractivity contribution is 5.94. The van der Waals surface area contributed by atoms with E-state index >= 15 is 0 Å². The van der Waals surface area contributed by atoms with Gasteiger partial charge in [-0.3, -0.25) is 4.79 Å². The molecule has 0 unspecified atom stereocenters. The lowest BCUT2D eigenvalue weighted by Crippen LogP contribution is -2.30. The van der Waals surface area contributed by atoms with Crippen LogP contribution in [0.1, 0.15) is 17.3 Å². The summed E-state index contributed by atoms with van der Waals surface area (Å²) in [5.74, 6) is -3.22. The molecule has 0 saturated carbocycles.